The van der Waals surface area contributed by atoms with Gasteiger partial charge in [0.15, 0.2) is 0 Å². The molecule has 0 fully saturated rings. The molecule has 0 amide bonds. The minimum absolute atomic E-state index is 0.0953. The van der Waals surface area contributed by atoms with Gasteiger partial charge in [0.25, 0.3) is 0 Å². The van der Waals surface area contributed by atoms with Crippen molar-refractivity contribution in [2.24, 2.45) is 5.73 Å². The molecule has 1 atom stereocenters. The Balaban J connectivity index is 2.96. The van der Waals surface area contributed by atoms with Crippen molar-refractivity contribution in [2.75, 3.05) is 6.54 Å². The Kier molecular flexibility index (Phi) is 4.78. The normalized spacial score (nSPS) is 13.0. The van der Waals surface area contributed by atoms with Crippen molar-refractivity contribution >= 4 is 10.0 Å². The van der Waals surface area contributed by atoms with Crippen molar-refractivity contribution in [3.05, 3.63) is 29.6 Å². The smallest absolute Gasteiger partial charge is 0.240 e. The molecule has 0 aliphatic heterocycles. The fourth-order valence-electron chi connectivity index (χ4n) is 1.20. The molecule has 1 rings (SSSR count). The molecule has 0 spiro atoms. The van der Waals surface area contributed by atoms with Crippen LogP contribution >= 0.6 is 0 Å². The second-order valence-corrected chi connectivity index (χ2v) is 5.54. The number of rotatable bonds is 5. The van der Waals surface area contributed by atoms with E-state index in [1.165, 1.54) is 0 Å². The third-order valence-corrected chi connectivity index (χ3v) is 3.85. The predicted octanol–water partition coefficient (Wildman–Crippen LogP) is 0.713. The minimum Gasteiger partial charge on any atom is -0.327 e. The van der Waals surface area contributed by atoms with E-state index in [4.69, 9.17) is 11.0 Å². The first-order valence-electron chi connectivity index (χ1n) is 5.35. The van der Waals surface area contributed by atoms with Gasteiger partial charge < -0.3 is 5.73 Å². The van der Waals surface area contributed by atoms with Gasteiger partial charge in [-0.05, 0) is 24.6 Å². The van der Waals surface area contributed by atoms with Crippen molar-refractivity contribution in [2.45, 2.75) is 24.3 Å². The zero-order valence-electron chi connectivity index (χ0n) is 9.85. The number of nitrogens with two attached hydrogens (primary N) is 1. The lowest BCUT2D eigenvalue weighted by atomic mass is 10.2. The molecule has 0 saturated heterocycles. The Bertz CT molecular complexity index is 566. The van der Waals surface area contributed by atoms with Crippen molar-refractivity contribution in [1.29, 1.82) is 5.26 Å². The Labute approximate surface area is 105 Å². The summed E-state index contributed by atoms with van der Waals surface area (Å²) in [5.74, 6) is -0.748. The molecular formula is C11H14FN3O2S. The number of halogens is 1. The van der Waals surface area contributed by atoms with Gasteiger partial charge in [0.2, 0.25) is 10.0 Å². The Morgan fingerprint density at radius 2 is 2.22 bits per heavy atom. The highest BCUT2D eigenvalue weighted by Gasteiger charge is 2.16. The molecule has 0 aliphatic carbocycles. The number of hydrogen-bond donors (Lipinski definition) is 2. The van der Waals surface area contributed by atoms with Crippen LogP contribution in [0.5, 0.6) is 0 Å². The van der Waals surface area contributed by atoms with Crippen LogP contribution < -0.4 is 10.5 Å². The molecule has 0 saturated carbocycles. The van der Waals surface area contributed by atoms with E-state index in [1.54, 1.807) is 6.07 Å². The molecule has 18 heavy (non-hydrogen) atoms. The summed E-state index contributed by atoms with van der Waals surface area (Å²) in [6.45, 7) is 1.93. The van der Waals surface area contributed by atoms with E-state index < -0.39 is 15.8 Å². The number of nitriles is 1. The molecule has 7 heteroatoms. The van der Waals surface area contributed by atoms with E-state index in [1.807, 2.05) is 6.92 Å². The molecular weight excluding hydrogens is 257 g/mol. The Morgan fingerprint density at radius 1 is 1.56 bits per heavy atom. The number of hydrogen-bond acceptors (Lipinski definition) is 4. The van der Waals surface area contributed by atoms with E-state index in [2.05, 4.69) is 4.72 Å². The third-order valence-electron chi connectivity index (χ3n) is 2.43. The van der Waals surface area contributed by atoms with Crippen LogP contribution in [0, 0.1) is 17.1 Å². The van der Waals surface area contributed by atoms with E-state index in [-0.39, 0.29) is 23.0 Å². The summed E-state index contributed by atoms with van der Waals surface area (Å²) >= 11 is 0. The molecule has 0 aromatic heterocycles. The van der Waals surface area contributed by atoms with Crippen molar-refractivity contribution in [3.8, 4) is 6.07 Å². The average Bonchev–Trinajstić information content (AvgIpc) is 2.36. The fourth-order valence-corrected chi connectivity index (χ4v) is 2.32. The topological polar surface area (TPSA) is 96.0 Å². The average molecular weight is 271 g/mol. The maximum Gasteiger partial charge on any atom is 0.240 e. The first-order chi connectivity index (χ1) is 8.40. The standard InChI is InChI=1S/C11H14FN3O2S/c1-2-9(14)7-15-18(16,17)10-3-4-11(12)8(5-10)6-13/h3-5,9,15H,2,7,14H2,1H3. The van der Waals surface area contributed by atoms with Crippen LogP contribution in [0.15, 0.2) is 23.1 Å². The van der Waals surface area contributed by atoms with Crippen LogP contribution in [0.1, 0.15) is 18.9 Å². The summed E-state index contributed by atoms with van der Waals surface area (Å²) in [6, 6.07) is 4.36. The monoisotopic (exact) mass is 271 g/mol. The molecule has 0 bridgehead atoms. The molecule has 1 aromatic carbocycles. The van der Waals surface area contributed by atoms with Gasteiger partial charge in [-0.2, -0.15) is 5.26 Å². The lowest BCUT2D eigenvalue weighted by molar-refractivity contribution is 0.563. The van der Waals surface area contributed by atoms with Gasteiger partial charge in [0.1, 0.15) is 11.9 Å². The second-order valence-electron chi connectivity index (χ2n) is 3.77. The lowest BCUT2D eigenvalue weighted by Gasteiger charge is -2.11. The van der Waals surface area contributed by atoms with E-state index in [9.17, 15) is 12.8 Å². The van der Waals surface area contributed by atoms with E-state index >= 15 is 0 Å². The first-order valence-corrected chi connectivity index (χ1v) is 6.84. The van der Waals surface area contributed by atoms with Gasteiger partial charge in [-0.15, -0.1) is 0 Å². The van der Waals surface area contributed by atoms with Gasteiger partial charge in [-0.1, -0.05) is 6.92 Å². The summed E-state index contributed by atoms with van der Waals surface area (Å²) in [6.07, 6.45) is 0.634. The number of sulfonamides is 1. The van der Waals surface area contributed by atoms with Crippen LogP contribution in [0.25, 0.3) is 0 Å². The van der Waals surface area contributed by atoms with Crippen LogP contribution in [0.2, 0.25) is 0 Å². The van der Waals surface area contributed by atoms with Crippen LogP contribution in [-0.4, -0.2) is 21.0 Å². The molecule has 3 N–H and O–H groups in total. The molecule has 5 nitrogen and oxygen atoms in total. The maximum absolute atomic E-state index is 13.1. The maximum atomic E-state index is 13.1. The second kappa shape index (κ2) is 5.91. The Hall–Kier alpha value is -1.49. The van der Waals surface area contributed by atoms with Gasteiger partial charge in [-0.25, -0.2) is 17.5 Å². The SMILES string of the molecule is CCC(N)CNS(=O)(=O)c1ccc(F)c(C#N)c1. The van der Waals surface area contributed by atoms with Crippen LogP contribution in [0.3, 0.4) is 0 Å². The van der Waals surface area contributed by atoms with Crippen molar-refractivity contribution in [3.63, 3.8) is 0 Å². The molecule has 1 unspecified atom stereocenters. The molecule has 1 aromatic rings. The third kappa shape index (κ3) is 3.50. The summed E-state index contributed by atoms with van der Waals surface area (Å²) in [7, 11) is -3.76. The van der Waals surface area contributed by atoms with E-state index in [0.717, 1.165) is 18.2 Å². The fraction of sp³-hybridized carbons (Fsp3) is 0.364. The lowest BCUT2D eigenvalue weighted by Crippen LogP contribution is -2.36. The zero-order valence-corrected chi connectivity index (χ0v) is 10.7. The van der Waals surface area contributed by atoms with Gasteiger partial charge in [0.05, 0.1) is 10.5 Å². The Morgan fingerprint density at radius 3 is 2.78 bits per heavy atom. The molecule has 98 valence electrons. The van der Waals surface area contributed by atoms with Crippen LogP contribution in [0.4, 0.5) is 4.39 Å². The number of nitrogens with zero attached hydrogens (tertiary/aromatic N) is 1. The highest BCUT2D eigenvalue weighted by atomic mass is 32.2. The quantitative estimate of drug-likeness (QED) is 0.824. The van der Waals surface area contributed by atoms with Gasteiger partial charge in [-0.3, -0.25) is 0 Å². The highest BCUT2D eigenvalue weighted by molar-refractivity contribution is 7.89. The highest BCUT2D eigenvalue weighted by Crippen LogP contribution is 2.14. The summed E-state index contributed by atoms with van der Waals surface area (Å²) < 4.78 is 39.0. The molecule has 0 aliphatic rings. The summed E-state index contributed by atoms with van der Waals surface area (Å²) in [5, 5.41) is 8.64. The summed E-state index contributed by atoms with van der Waals surface area (Å²) in [5.41, 5.74) is 5.29. The minimum atomic E-state index is -3.76. The zero-order chi connectivity index (χ0) is 13.8. The number of nitrogens with one attached hydrogen (secondary N) is 1. The first kappa shape index (κ1) is 14.6. The van der Waals surface area contributed by atoms with Crippen LogP contribution in [-0.2, 0) is 10.0 Å². The summed E-state index contributed by atoms with van der Waals surface area (Å²) in [4.78, 5) is -0.149. The largest absolute Gasteiger partial charge is 0.327 e. The van der Waals surface area contributed by atoms with Gasteiger partial charge in [0, 0.05) is 12.6 Å². The van der Waals surface area contributed by atoms with Gasteiger partial charge >= 0.3 is 0 Å². The molecule has 0 heterocycles. The number of benzene rings is 1. The van der Waals surface area contributed by atoms with E-state index in [0.29, 0.717) is 6.42 Å². The van der Waals surface area contributed by atoms with Crippen molar-refractivity contribution < 1.29 is 12.8 Å². The van der Waals surface area contributed by atoms with Crippen molar-refractivity contribution in [1.82, 2.24) is 4.72 Å². The predicted molar refractivity (Wildman–Crippen MR) is 64.6 cm³/mol. The molecule has 0 radical (unpaired) electrons.